The first-order chi connectivity index (χ1) is 9.47. The van der Waals surface area contributed by atoms with E-state index in [2.05, 4.69) is 10.3 Å². The maximum atomic E-state index is 12.1. The van der Waals surface area contributed by atoms with Gasteiger partial charge in [-0.15, -0.1) is 0 Å². The fourth-order valence-corrected chi connectivity index (χ4v) is 1.82. The van der Waals surface area contributed by atoms with Crippen molar-refractivity contribution in [3.63, 3.8) is 0 Å². The summed E-state index contributed by atoms with van der Waals surface area (Å²) in [5.41, 5.74) is 1.04. The van der Waals surface area contributed by atoms with Crippen LogP contribution in [0.3, 0.4) is 0 Å². The largest absolute Gasteiger partial charge is 0.319 e. The summed E-state index contributed by atoms with van der Waals surface area (Å²) in [6.07, 6.45) is 2.90. The van der Waals surface area contributed by atoms with Gasteiger partial charge in [0.15, 0.2) is 0 Å². The molecule has 0 aliphatic carbocycles. The number of amides is 1. The van der Waals surface area contributed by atoms with Gasteiger partial charge in [-0.1, -0.05) is 11.6 Å². The predicted molar refractivity (Wildman–Crippen MR) is 75.0 cm³/mol. The molecular weight excluding hydrogens is 282 g/mol. The Labute approximate surface area is 119 Å². The van der Waals surface area contributed by atoms with Crippen LogP contribution in [-0.4, -0.2) is 15.8 Å². The molecule has 2 rings (SSSR count). The second-order valence-corrected chi connectivity index (χ2v) is 4.53. The number of hydrogen-bond acceptors (Lipinski definition) is 4. The zero-order valence-corrected chi connectivity index (χ0v) is 11.2. The quantitative estimate of drug-likeness (QED) is 0.695. The van der Waals surface area contributed by atoms with E-state index in [-0.39, 0.29) is 11.3 Å². The minimum atomic E-state index is -0.541. The van der Waals surface area contributed by atoms with Gasteiger partial charge in [-0.05, 0) is 24.6 Å². The Morgan fingerprint density at radius 1 is 1.40 bits per heavy atom. The molecule has 1 heterocycles. The third-order valence-corrected chi connectivity index (χ3v) is 2.88. The summed E-state index contributed by atoms with van der Waals surface area (Å²) in [5, 5.41) is 13.7. The topological polar surface area (TPSA) is 85.1 Å². The predicted octanol–water partition coefficient (Wildman–Crippen LogP) is 3.20. The molecule has 0 saturated carbocycles. The number of carbonyl (C=O) groups is 1. The Bertz CT molecular complexity index is 688. The molecule has 20 heavy (non-hydrogen) atoms. The summed E-state index contributed by atoms with van der Waals surface area (Å²) in [5.74, 6) is -0.480. The molecule has 1 N–H and O–H groups in total. The number of rotatable bonds is 3. The van der Waals surface area contributed by atoms with Crippen LogP contribution in [0.25, 0.3) is 0 Å². The molecule has 102 valence electrons. The number of nitro groups is 1. The number of aromatic nitrogens is 1. The molecule has 0 spiro atoms. The highest BCUT2D eigenvalue weighted by Gasteiger charge is 2.14. The van der Waals surface area contributed by atoms with E-state index in [9.17, 15) is 14.9 Å². The van der Waals surface area contributed by atoms with E-state index in [1.807, 2.05) is 0 Å². The van der Waals surface area contributed by atoms with Crippen molar-refractivity contribution in [2.75, 3.05) is 5.32 Å². The highest BCUT2D eigenvalue weighted by Crippen LogP contribution is 2.21. The van der Waals surface area contributed by atoms with Gasteiger partial charge in [-0.2, -0.15) is 0 Å². The standard InChI is InChI=1S/C13H10ClN3O3/c1-8-4-9(6-10(5-8)17(19)20)13(18)16-12-7-15-3-2-11(12)14/h2-7H,1H3,(H,16,18). The van der Waals surface area contributed by atoms with Crippen LogP contribution in [0.4, 0.5) is 11.4 Å². The molecule has 0 bridgehead atoms. The normalized spacial score (nSPS) is 10.1. The summed E-state index contributed by atoms with van der Waals surface area (Å²) >= 11 is 5.91. The third kappa shape index (κ3) is 3.10. The summed E-state index contributed by atoms with van der Waals surface area (Å²) in [6, 6.07) is 5.71. The Morgan fingerprint density at radius 3 is 2.80 bits per heavy atom. The molecule has 0 saturated heterocycles. The molecule has 0 fully saturated rings. The fourth-order valence-electron chi connectivity index (χ4n) is 1.66. The maximum absolute atomic E-state index is 12.1. The molecule has 0 aliphatic rings. The van der Waals surface area contributed by atoms with Gasteiger partial charge in [0.05, 0.1) is 21.8 Å². The molecule has 1 amide bonds. The number of non-ortho nitro benzene ring substituents is 1. The molecule has 0 atom stereocenters. The number of carbonyl (C=O) groups excluding carboxylic acids is 1. The van der Waals surface area contributed by atoms with Gasteiger partial charge in [0, 0.05) is 23.9 Å². The molecule has 2 aromatic rings. The van der Waals surface area contributed by atoms with Crippen LogP contribution in [0.15, 0.2) is 36.7 Å². The lowest BCUT2D eigenvalue weighted by Crippen LogP contribution is -2.13. The third-order valence-electron chi connectivity index (χ3n) is 2.55. The van der Waals surface area contributed by atoms with Crippen molar-refractivity contribution in [1.29, 1.82) is 0 Å². The Kier molecular flexibility index (Phi) is 3.95. The minimum Gasteiger partial charge on any atom is -0.319 e. The van der Waals surface area contributed by atoms with Crippen LogP contribution in [0.5, 0.6) is 0 Å². The van der Waals surface area contributed by atoms with Gasteiger partial charge in [-0.25, -0.2) is 0 Å². The lowest BCUT2D eigenvalue weighted by Gasteiger charge is -2.07. The molecule has 1 aromatic heterocycles. The zero-order valence-electron chi connectivity index (χ0n) is 10.5. The van der Waals surface area contributed by atoms with E-state index < -0.39 is 10.8 Å². The average molecular weight is 292 g/mol. The number of nitro benzene ring substituents is 1. The van der Waals surface area contributed by atoms with Crippen molar-refractivity contribution in [1.82, 2.24) is 4.98 Å². The van der Waals surface area contributed by atoms with E-state index in [0.717, 1.165) is 0 Å². The lowest BCUT2D eigenvalue weighted by molar-refractivity contribution is -0.384. The molecule has 7 heteroatoms. The number of nitrogens with zero attached hydrogens (tertiary/aromatic N) is 2. The van der Waals surface area contributed by atoms with Crippen molar-refractivity contribution >= 4 is 28.9 Å². The molecular formula is C13H10ClN3O3. The Hall–Kier alpha value is -2.47. The van der Waals surface area contributed by atoms with Crippen LogP contribution in [0.1, 0.15) is 15.9 Å². The van der Waals surface area contributed by atoms with Gasteiger partial charge >= 0.3 is 0 Å². The van der Waals surface area contributed by atoms with Crippen LogP contribution in [-0.2, 0) is 0 Å². The Balaban J connectivity index is 2.30. The van der Waals surface area contributed by atoms with Crippen molar-refractivity contribution in [3.8, 4) is 0 Å². The van der Waals surface area contributed by atoms with Gasteiger partial charge < -0.3 is 5.32 Å². The second kappa shape index (κ2) is 5.66. The summed E-state index contributed by atoms with van der Waals surface area (Å²) < 4.78 is 0. The molecule has 1 aromatic carbocycles. The van der Waals surface area contributed by atoms with Crippen LogP contribution in [0, 0.1) is 17.0 Å². The molecule has 6 nitrogen and oxygen atoms in total. The number of halogens is 1. The first-order valence-electron chi connectivity index (χ1n) is 5.64. The van der Waals surface area contributed by atoms with E-state index in [1.54, 1.807) is 13.0 Å². The van der Waals surface area contributed by atoms with Crippen molar-refractivity contribution in [3.05, 3.63) is 62.9 Å². The number of nitrogens with one attached hydrogen (secondary N) is 1. The number of hydrogen-bond donors (Lipinski definition) is 1. The lowest BCUT2D eigenvalue weighted by atomic mass is 10.1. The first kappa shape index (κ1) is 14.0. The SMILES string of the molecule is Cc1cc(C(=O)Nc2cnccc2Cl)cc([N+](=O)[O-])c1. The molecule has 0 aliphatic heterocycles. The van der Waals surface area contributed by atoms with E-state index in [1.165, 1.54) is 30.6 Å². The Morgan fingerprint density at radius 2 is 2.15 bits per heavy atom. The van der Waals surface area contributed by atoms with Crippen LogP contribution >= 0.6 is 11.6 Å². The van der Waals surface area contributed by atoms with Crippen LogP contribution in [0.2, 0.25) is 5.02 Å². The number of pyridine rings is 1. The van der Waals surface area contributed by atoms with Crippen molar-refractivity contribution in [2.45, 2.75) is 6.92 Å². The van der Waals surface area contributed by atoms with Gasteiger partial charge in [0.25, 0.3) is 11.6 Å². The monoisotopic (exact) mass is 291 g/mol. The van der Waals surface area contributed by atoms with Crippen molar-refractivity contribution < 1.29 is 9.72 Å². The number of anilines is 1. The maximum Gasteiger partial charge on any atom is 0.270 e. The minimum absolute atomic E-state index is 0.132. The van der Waals surface area contributed by atoms with Gasteiger partial charge in [0.1, 0.15) is 0 Å². The van der Waals surface area contributed by atoms with E-state index in [4.69, 9.17) is 11.6 Å². The highest BCUT2D eigenvalue weighted by molar-refractivity contribution is 6.33. The summed E-state index contributed by atoms with van der Waals surface area (Å²) in [7, 11) is 0. The van der Waals surface area contributed by atoms with Gasteiger partial charge in [0.2, 0.25) is 0 Å². The molecule has 0 radical (unpaired) electrons. The van der Waals surface area contributed by atoms with Crippen molar-refractivity contribution in [2.24, 2.45) is 0 Å². The first-order valence-corrected chi connectivity index (χ1v) is 6.02. The zero-order chi connectivity index (χ0) is 14.7. The molecule has 0 unspecified atom stereocenters. The van der Waals surface area contributed by atoms with E-state index >= 15 is 0 Å². The van der Waals surface area contributed by atoms with Crippen LogP contribution < -0.4 is 5.32 Å². The highest BCUT2D eigenvalue weighted by atomic mass is 35.5. The number of benzene rings is 1. The van der Waals surface area contributed by atoms with E-state index in [0.29, 0.717) is 16.3 Å². The number of aryl methyl sites for hydroxylation is 1. The fraction of sp³-hybridized carbons (Fsp3) is 0.0769. The second-order valence-electron chi connectivity index (χ2n) is 4.12. The van der Waals surface area contributed by atoms with Gasteiger partial charge in [-0.3, -0.25) is 19.9 Å². The summed E-state index contributed by atoms with van der Waals surface area (Å²) in [6.45, 7) is 1.68. The average Bonchev–Trinajstić information content (AvgIpc) is 2.40. The summed E-state index contributed by atoms with van der Waals surface area (Å²) in [4.78, 5) is 26.2. The smallest absolute Gasteiger partial charge is 0.270 e.